The Morgan fingerprint density at radius 2 is 0.550 bits per heavy atom. The maximum Gasteiger partial charge on any atom is 0.146 e. The van der Waals surface area contributed by atoms with Crippen molar-refractivity contribution in [1.82, 2.24) is 21.6 Å². The first-order valence-electron chi connectivity index (χ1n) is 4.61. The minimum Gasteiger partial charge on any atom is -0.266 e. The lowest BCUT2D eigenvalue weighted by atomic mass is 9.84. The van der Waals surface area contributed by atoms with Crippen molar-refractivity contribution in [3.63, 3.8) is 0 Å². The summed E-state index contributed by atoms with van der Waals surface area (Å²) in [5, 5.41) is 64.7. The van der Waals surface area contributed by atoms with Crippen molar-refractivity contribution in [3.8, 4) is 0 Å². The van der Waals surface area contributed by atoms with E-state index in [1.165, 1.54) is 0 Å². The van der Waals surface area contributed by atoms with Gasteiger partial charge in [-0.2, -0.15) is 0 Å². The standard InChI is InChI=1S/C4H12N4O12/c9-5(10)17-1-2(18-6(11)12)4(20-8(15)16)3(1)19-7(13)14/h1-4,9-16H. The van der Waals surface area contributed by atoms with E-state index in [0.29, 0.717) is 0 Å². The molecular formula is C4H12N4O12. The molecule has 20 heavy (non-hydrogen) atoms. The third kappa shape index (κ3) is 4.72. The highest BCUT2D eigenvalue weighted by molar-refractivity contribution is 5.02. The zero-order valence-corrected chi connectivity index (χ0v) is 9.31. The van der Waals surface area contributed by atoms with Crippen molar-refractivity contribution in [1.29, 1.82) is 0 Å². The molecule has 0 aromatic rings. The van der Waals surface area contributed by atoms with E-state index < -0.39 is 46.0 Å². The first-order chi connectivity index (χ1) is 9.22. The normalized spacial score (nSPS) is 30.6. The van der Waals surface area contributed by atoms with Gasteiger partial charge in [0.05, 0.1) is 21.6 Å². The average Bonchev–Trinajstić information content (AvgIpc) is 2.28. The molecule has 8 N–H and O–H groups in total. The summed E-state index contributed by atoms with van der Waals surface area (Å²) in [5.41, 5.74) is 0. The van der Waals surface area contributed by atoms with Crippen molar-refractivity contribution in [2.45, 2.75) is 24.4 Å². The van der Waals surface area contributed by atoms with Crippen molar-refractivity contribution in [2.75, 3.05) is 0 Å². The molecule has 0 bridgehead atoms. The van der Waals surface area contributed by atoms with Gasteiger partial charge in [0.1, 0.15) is 24.4 Å². The molecule has 0 heterocycles. The van der Waals surface area contributed by atoms with Crippen LogP contribution in [-0.2, 0) is 19.4 Å². The molecule has 0 radical (unpaired) electrons. The number of rotatable bonds is 8. The first kappa shape index (κ1) is 17.4. The molecule has 0 atom stereocenters. The van der Waals surface area contributed by atoms with Crippen LogP contribution in [0.3, 0.4) is 0 Å². The Labute approximate surface area is 108 Å². The Morgan fingerprint density at radius 3 is 0.650 bits per heavy atom. The molecule has 1 saturated carbocycles. The highest BCUT2D eigenvalue weighted by atomic mass is 17.1. The van der Waals surface area contributed by atoms with Crippen LogP contribution in [0.25, 0.3) is 0 Å². The van der Waals surface area contributed by atoms with Crippen LogP contribution in [0.1, 0.15) is 0 Å². The molecule has 0 aromatic heterocycles. The van der Waals surface area contributed by atoms with Gasteiger partial charge in [-0.1, -0.05) is 0 Å². The van der Waals surface area contributed by atoms with E-state index >= 15 is 0 Å². The molecule has 1 aliphatic carbocycles. The molecule has 16 nitrogen and oxygen atoms in total. The number of nitrogens with zero attached hydrogens (tertiary/aromatic N) is 4. The van der Waals surface area contributed by atoms with Crippen molar-refractivity contribution < 1.29 is 61.0 Å². The number of hydrogen-bond donors (Lipinski definition) is 8. The smallest absolute Gasteiger partial charge is 0.146 e. The van der Waals surface area contributed by atoms with Crippen molar-refractivity contribution in [2.24, 2.45) is 0 Å². The van der Waals surface area contributed by atoms with Crippen LogP contribution in [0.4, 0.5) is 0 Å². The SMILES string of the molecule is ON(O)OC1C(ON(O)O)C(ON(O)O)C1ON(O)O. The summed E-state index contributed by atoms with van der Waals surface area (Å²) in [7, 11) is 0. The zero-order valence-electron chi connectivity index (χ0n) is 9.31. The Morgan fingerprint density at radius 1 is 0.400 bits per heavy atom. The van der Waals surface area contributed by atoms with Gasteiger partial charge in [0.2, 0.25) is 0 Å². The van der Waals surface area contributed by atoms with Gasteiger partial charge in [-0.15, -0.1) is 0 Å². The summed E-state index contributed by atoms with van der Waals surface area (Å²) in [5.74, 6) is 0. The van der Waals surface area contributed by atoms with E-state index in [4.69, 9.17) is 41.7 Å². The van der Waals surface area contributed by atoms with Crippen molar-refractivity contribution in [3.05, 3.63) is 0 Å². The van der Waals surface area contributed by atoms with Crippen LogP contribution in [0.15, 0.2) is 0 Å². The first-order valence-corrected chi connectivity index (χ1v) is 4.61. The third-order valence-electron chi connectivity index (χ3n) is 2.16. The summed E-state index contributed by atoms with van der Waals surface area (Å²) < 4.78 is 0. The predicted molar refractivity (Wildman–Crippen MR) is 41.1 cm³/mol. The van der Waals surface area contributed by atoms with Crippen LogP contribution in [0.5, 0.6) is 0 Å². The highest BCUT2D eigenvalue weighted by Gasteiger charge is 2.59. The third-order valence-corrected chi connectivity index (χ3v) is 2.16. The molecule has 1 fully saturated rings. The number of hydrogen-bond acceptors (Lipinski definition) is 16. The quantitative estimate of drug-likeness (QED) is 0.218. The van der Waals surface area contributed by atoms with Gasteiger partial charge in [0.15, 0.2) is 0 Å². The van der Waals surface area contributed by atoms with Gasteiger partial charge in [-0.3, -0.25) is 41.7 Å². The van der Waals surface area contributed by atoms with E-state index in [1.54, 1.807) is 0 Å². The molecule has 0 aromatic carbocycles. The van der Waals surface area contributed by atoms with Crippen LogP contribution in [0.2, 0.25) is 0 Å². The lowest BCUT2D eigenvalue weighted by Crippen LogP contribution is -2.70. The Balaban J connectivity index is 2.78. The Kier molecular flexibility index (Phi) is 6.44. The van der Waals surface area contributed by atoms with E-state index in [1.807, 2.05) is 0 Å². The molecule has 0 aliphatic heterocycles. The van der Waals surface area contributed by atoms with Gasteiger partial charge in [-0.05, 0) is 0 Å². The molecule has 0 amide bonds. The molecule has 1 rings (SSSR count). The fraction of sp³-hybridized carbons (Fsp3) is 1.00. The second-order valence-corrected chi connectivity index (χ2v) is 3.29. The minimum absolute atomic E-state index is 0.804. The van der Waals surface area contributed by atoms with Gasteiger partial charge < -0.3 is 0 Å². The van der Waals surface area contributed by atoms with E-state index in [2.05, 4.69) is 19.4 Å². The molecule has 1 aliphatic rings. The van der Waals surface area contributed by atoms with Crippen molar-refractivity contribution >= 4 is 0 Å². The average molecular weight is 308 g/mol. The topological polar surface area (TPSA) is 212 Å². The van der Waals surface area contributed by atoms with Crippen LogP contribution >= 0.6 is 0 Å². The molecule has 16 heteroatoms. The maximum atomic E-state index is 8.49. The summed E-state index contributed by atoms with van der Waals surface area (Å²) in [6.07, 6.45) is -6.39. The van der Waals surface area contributed by atoms with Crippen LogP contribution < -0.4 is 0 Å². The summed E-state index contributed by atoms with van der Waals surface area (Å²) in [6.45, 7) is 0. The Hall–Kier alpha value is -0.640. The van der Waals surface area contributed by atoms with Gasteiger partial charge in [-0.25, -0.2) is 19.4 Å². The fourth-order valence-corrected chi connectivity index (χ4v) is 1.52. The lowest BCUT2D eigenvalue weighted by molar-refractivity contribution is -0.609. The van der Waals surface area contributed by atoms with Crippen LogP contribution in [0, 0.1) is 0 Å². The summed E-state index contributed by atoms with van der Waals surface area (Å²) in [4.78, 5) is 17.0. The predicted octanol–water partition coefficient (Wildman–Crippen LogP) is -2.48. The van der Waals surface area contributed by atoms with E-state index in [-0.39, 0.29) is 0 Å². The summed E-state index contributed by atoms with van der Waals surface area (Å²) in [6, 6.07) is 0. The highest BCUT2D eigenvalue weighted by Crippen LogP contribution is 2.34. The summed E-state index contributed by atoms with van der Waals surface area (Å²) >= 11 is 0. The molecular weight excluding hydrogens is 296 g/mol. The minimum atomic E-state index is -1.60. The van der Waals surface area contributed by atoms with Gasteiger partial charge >= 0.3 is 0 Å². The van der Waals surface area contributed by atoms with E-state index in [9.17, 15) is 0 Å². The monoisotopic (exact) mass is 308 g/mol. The molecule has 120 valence electrons. The maximum absolute atomic E-state index is 8.49. The molecule has 0 saturated heterocycles. The fourth-order valence-electron chi connectivity index (χ4n) is 1.52. The second kappa shape index (κ2) is 7.39. The zero-order chi connectivity index (χ0) is 15.4. The largest absolute Gasteiger partial charge is 0.266 e. The Bertz CT molecular complexity index is 225. The van der Waals surface area contributed by atoms with E-state index in [0.717, 1.165) is 0 Å². The lowest BCUT2D eigenvalue weighted by Gasteiger charge is -2.47. The van der Waals surface area contributed by atoms with Gasteiger partial charge in [0.25, 0.3) is 0 Å². The van der Waals surface area contributed by atoms with Crippen LogP contribution in [-0.4, -0.2) is 87.6 Å². The second-order valence-electron chi connectivity index (χ2n) is 3.29. The molecule has 0 unspecified atom stereocenters. The molecule has 0 spiro atoms. The van der Waals surface area contributed by atoms with Gasteiger partial charge in [0, 0.05) is 0 Å².